The second-order valence-corrected chi connectivity index (χ2v) is 6.84. The molecule has 4 heteroatoms. The lowest BCUT2D eigenvalue weighted by atomic mass is 10.0. The number of hydrogen-bond donors (Lipinski definition) is 1. The molecule has 1 aliphatic carbocycles. The summed E-state index contributed by atoms with van der Waals surface area (Å²) in [5.74, 6) is -0.237. The highest BCUT2D eigenvalue weighted by molar-refractivity contribution is 6.07. The van der Waals surface area contributed by atoms with Crippen LogP contribution in [0.3, 0.4) is 0 Å². The maximum atomic E-state index is 12.8. The fraction of sp³-hybridized carbons (Fsp3) is 0.333. The molecule has 2 aromatic rings. The van der Waals surface area contributed by atoms with Crippen LogP contribution in [-0.4, -0.2) is 23.8 Å². The molecule has 1 aliphatic rings. The first-order chi connectivity index (χ1) is 12.0. The van der Waals surface area contributed by atoms with Gasteiger partial charge in [0.05, 0.1) is 0 Å². The van der Waals surface area contributed by atoms with Gasteiger partial charge in [-0.2, -0.15) is 0 Å². The third kappa shape index (κ3) is 3.73. The van der Waals surface area contributed by atoms with E-state index in [0.717, 1.165) is 16.7 Å². The van der Waals surface area contributed by atoms with Crippen LogP contribution in [0.1, 0.15) is 29.5 Å². The highest BCUT2D eigenvalue weighted by atomic mass is 16.2. The first-order valence-electron chi connectivity index (χ1n) is 8.65. The Bertz CT molecular complexity index is 766. The normalized spacial score (nSPS) is 14.6. The summed E-state index contributed by atoms with van der Waals surface area (Å²) in [5, 5.41) is 2.96. The zero-order valence-corrected chi connectivity index (χ0v) is 14.8. The third-order valence-electron chi connectivity index (χ3n) is 4.90. The second kappa shape index (κ2) is 7.09. The van der Waals surface area contributed by atoms with Gasteiger partial charge in [0, 0.05) is 20.1 Å². The molecule has 0 unspecified atom stereocenters. The molecular weight excluding hydrogens is 312 g/mol. The van der Waals surface area contributed by atoms with Gasteiger partial charge in [0.2, 0.25) is 11.8 Å². The quantitative estimate of drug-likeness (QED) is 0.824. The Balaban J connectivity index is 1.61. The molecule has 4 nitrogen and oxygen atoms in total. The van der Waals surface area contributed by atoms with E-state index in [1.54, 1.807) is 11.9 Å². The molecule has 0 aliphatic heterocycles. The average Bonchev–Trinajstić information content (AvgIpc) is 3.43. The van der Waals surface area contributed by atoms with Crippen LogP contribution in [0.25, 0.3) is 0 Å². The van der Waals surface area contributed by atoms with Crippen molar-refractivity contribution in [1.29, 1.82) is 0 Å². The zero-order valence-electron chi connectivity index (χ0n) is 14.8. The SMILES string of the molecule is Cc1ccccc1CNC(=O)C1(C(=O)N(C)Cc2ccccc2)CC1. The molecular formula is C21H24N2O2. The molecule has 0 atom stereocenters. The summed E-state index contributed by atoms with van der Waals surface area (Å²) >= 11 is 0. The first kappa shape index (κ1) is 17.2. The van der Waals surface area contributed by atoms with E-state index in [9.17, 15) is 9.59 Å². The molecule has 0 heterocycles. The maximum Gasteiger partial charge on any atom is 0.238 e. The van der Waals surface area contributed by atoms with Crippen molar-refractivity contribution >= 4 is 11.8 Å². The number of carbonyl (C=O) groups excluding carboxylic acids is 2. The van der Waals surface area contributed by atoms with Crippen molar-refractivity contribution < 1.29 is 9.59 Å². The highest BCUT2D eigenvalue weighted by Gasteiger charge is 2.57. The van der Waals surface area contributed by atoms with E-state index in [4.69, 9.17) is 0 Å². The molecule has 25 heavy (non-hydrogen) atoms. The lowest BCUT2D eigenvalue weighted by Crippen LogP contribution is -2.43. The number of carbonyl (C=O) groups is 2. The van der Waals surface area contributed by atoms with Crippen molar-refractivity contribution in [3.05, 3.63) is 71.3 Å². The molecule has 0 spiro atoms. The van der Waals surface area contributed by atoms with Crippen LogP contribution in [0.15, 0.2) is 54.6 Å². The fourth-order valence-corrected chi connectivity index (χ4v) is 3.11. The number of nitrogens with one attached hydrogen (secondary N) is 1. The predicted molar refractivity (Wildman–Crippen MR) is 97.6 cm³/mol. The van der Waals surface area contributed by atoms with Gasteiger partial charge in [0.15, 0.2) is 0 Å². The molecule has 0 bridgehead atoms. The summed E-state index contributed by atoms with van der Waals surface area (Å²) in [4.78, 5) is 27.1. The Morgan fingerprint density at radius 1 is 1.04 bits per heavy atom. The molecule has 2 amide bonds. The molecule has 130 valence electrons. The Morgan fingerprint density at radius 3 is 2.32 bits per heavy atom. The first-order valence-corrected chi connectivity index (χ1v) is 8.65. The van der Waals surface area contributed by atoms with Gasteiger partial charge in [-0.1, -0.05) is 54.6 Å². The van der Waals surface area contributed by atoms with Crippen LogP contribution in [0.2, 0.25) is 0 Å². The Morgan fingerprint density at radius 2 is 1.68 bits per heavy atom. The van der Waals surface area contributed by atoms with Crippen LogP contribution < -0.4 is 5.32 Å². The van der Waals surface area contributed by atoms with Crippen molar-refractivity contribution in [2.75, 3.05) is 7.05 Å². The molecule has 3 rings (SSSR count). The van der Waals surface area contributed by atoms with Crippen molar-refractivity contribution in [1.82, 2.24) is 10.2 Å². The van der Waals surface area contributed by atoms with Crippen LogP contribution in [0.5, 0.6) is 0 Å². The second-order valence-electron chi connectivity index (χ2n) is 6.84. The van der Waals surface area contributed by atoms with Crippen LogP contribution in [0, 0.1) is 12.3 Å². The molecule has 1 saturated carbocycles. The minimum atomic E-state index is -0.869. The zero-order chi connectivity index (χ0) is 17.9. The fourth-order valence-electron chi connectivity index (χ4n) is 3.11. The number of benzene rings is 2. The van der Waals surface area contributed by atoms with Gasteiger partial charge >= 0.3 is 0 Å². The van der Waals surface area contributed by atoms with Gasteiger partial charge in [-0.25, -0.2) is 0 Å². The Kier molecular flexibility index (Phi) is 4.88. The van der Waals surface area contributed by atoms with E-state index in [1.165, 1.54) is 0 Å². The molecule has 0 aromatic heterocycles. The van der Waals surface area contributed by atoms with Crippen LogP contribution in [0.4, 0.5) is 0 Å². The van der Waals surface area contributed by atoms with E-state index in [2.05, 4.69) is 5.32 Å². The molecule has 0 saturated heterocycles. The standard InChI is InChI=1S/C21H24N2O2/c1-16-8-6-7-11-18(16)14-22-19(24)21(12-13-21)20(25)23(2)15-17-9-4-3-5-10-17/h3-11H,12-15H2,1-2H3,(H,22,24). The predicted octanol–water partition coefficient (Wildman–Crippen LogP) is 3.05. The van der Waals surface area contributed by atoms with Gasteiger partial charge in [-0.15, -0.1) is 0 Å². The summed E-state index contributed by atoms with van der Waals surface area (Å²) in [6.45, 7) is 3.00. The summed E-state index contributed by atoms with van der Waals surface area (Å²) in [7, 11) is 1.77. The van der Waals surface area contributed by atoms with Gasteiger partial charge in [0.1, 0.15) is 5.41 Å². The summed E-state index contributed by atoms with van der Waals surface area (Å²) < 4.78 is 0. The summed E-state index contributed by atoms with van der Waals surface area (Å²) in [5.41, 5.74) is 2.41. The number of rotatable bonds is 6. The molecule has 0 radical (unpaired) electrons. The van der Waals surface area contributed by atoms with Gasteiger partial charge in [-0.05, 0) is 36.5 Å². The molecule has 1 fully saturated rings. The average molecular weight is 336 g/mol. The summed E-state index contributed by atoms with van der Waals surface area (Å²) in [6, 6.07) is 17.8. The highest BCUT2D eigenvalue weighted by Crippen LogP contribution is 2.47. The van der Waals surface area contributed by atoms with Crippen LogP contribution >= 0.6 is 0 Å². The van der Waals surface area contributed by atoms with Crippen molar-refractivity contribution in [3.8, 4) is 0 Å². The van der Waals surface area contributed by atoms with Gasteiger partial charge in [-0.3, -0.25) is 9.59 Å². The summed E-state index contributed by atoms with van der Waals surface area (Å²) in [6.07, 6.45) is 1.26. The number of hydrogen-bond acceptors (Lipinski definition) is 2. The third-order valence-corrected chi connectivity index (χ3v) is 4.90. The van der Waals surface area contributed by atoms with Gasteiger partial charge in [0.25, 0.3) is 0 Å². The Hall–Kier alpha value is -2.62. The Labute approximate surface area is 148 Å². The number of nitrogens with zero attached hydrogens (tertiary/aromatic N) is 1. The van der Waals surface area contributed by atoms with E-state index >= 15 is 0 Å². The molecule has 1 N–H and O–H groups in total. The topological polar surface area (TPSA) is 49.4 Å². The lowest BCUT2D eigenvalue weighted by molar-refractivity contribution is -0.143. The smallest absolute Gasteiger partial charge is 0.238 e. The maximum absolute atomic E-state index is 12.8. The largest absolute Gasteiger partial charge is 0.351 e. The lowest BCUT2D eigenvalue weighted by Gasteiger charge is -2.23. The van der Waals surface area contributed by atoms with Crippen molar-refractivity contribution in [2.24, 2.45) is 5.41 Å². The monoisotopic (exact) mass is 336 g/mol. The minimum Gasteiger partial charge on any atom is -0.351 e. The number of amides is 2. The number of aryl methyl sites for hydroxylation is 1. The van der Waals surface area contributed by atoms with E-state index < -0.39 is 5.41 Å². The van der Waals surface area contributed by atoms with Crippen LogP contribution in [-0.2, 0) is 22.7 Å². The van der Waals surface area contributed by atoms with Gasteiger partial charge < -0.3 is 10.2 Å². The molecule has 2 aromatic carbocycles. The van der Waals surface area contributed by atoms with E-state index in [1.807, 2.05) is 61.5 Å². The minimum absolute atomic E-state index is 0.0846. The van der Waals surface area contributed by atoms with Crippen molar-refractivity contribution in [2.45, 2.75) is 32.9 Å². The van der Waals surface area contributed by atoms with E-state index in [-0.39, 0.29) is 11.8 Å². The van der Waals surface area contributed by atoms with Crippen molar-refractivity contribution in [3.63, 3.8) is 0 Å². The van der Waals surface area contributed by atoms with E-state index in [0.29, 0.717) is 25.9 Å².